The molecule has 0 saturated heterocycles. The van der Waals surface area contributed by atoms with E-state index in [0.29, 0.717) is 16.4 Å². The Labute approximate surface area is 122 Å². The number of nitrogens with one attached hydrogen (secondary N) is 1. The second kappa shape index (κ2) is 6.05. The normalized spacial score (nSPS) is 12.2. The lowest BCUT2D eigenvalue weighted by Gasteiger charge is -2.10. The van der Waals surface area contributed by atoms with Crippen LogP contribution in [0.4, 0.5) is 0 Å². The highest BCUT2D eigenvalue weighted by molar-refractivity contribution is 6.30. The second-order valence-electron chi connectivity index (χ2n) is 4.70. The first-order valence-corrected chi connectivity index (χ1v) is 6.89. The van der Waals surface area contributed by atoms with Crippen LogP contribution in [0.3, 0.4) is 0 Å². The van der Waals surface area contributed by atoms with Crippen LogP contribution in [0.5, 0.6) is 0 Å². The fourth-order valence-electron chi connectivity index (χ4n) is 1.79. The Balaban J connectivity index is 2.29. The predicted octanol–water partition coefficient (Wildman–Crippen LogP) is 2.76. The van der Waals surface area contributed by atoms with Gasteiger partial charge < -0.3 is 5.32 Å². The van der Waals surface area contributed by atoms with Gasteiger partial charge in [-0.2, -0.15) is 0 Å². The minimum atomic E-state index is -0.204. The molecular weight excluding hydrogens is 276 g/mol. The summed E-state index contributed by atoms with van der Waals surface area (Å²) in [6.45, 7) is 5.78. The van der Waals surface area contributed by atoms with Crippen molar-refractivity contribution in [2.45, 2.75) is 33.2 Å². The first-order chi connectivity index (χ1) is 9.52. The fourth-order valence-corrected chi connectivity index (χ4v) is 1.97. The van der Waals surface area contributed by atoms with Gasteiger partial charge in [0.1, 0.15) is 0 Å². The van der Waals surface area contributed by atoms with Gasteiger partial charge in [-0.15, -0.1) is 5.10 Å². The summed E-state index contributed by atoms with van der Waals surface area (Å²) in [5.74, 6) is -0.204. The van der Waals surface area contributed by atoms with E-state index >= 15 is 0 Å². The van der Waals surface area contributed by atoms with Gasteiger partial charge in [-0.1, -0.05) is 29.8 Å². The van der Waals surface area contributed by atoms with Gasteiger partial charge in [-0.25, -0.2) is 4.68 Å². The molecule has 1 N–H and O–H groups in total. The molecule has 6 heteroatoms. The molecule has 0 aliphatic rings. The zero-order valence-electron chi connectivity index (χ0n) is 11.7. The fraction of sp³-hybridized carbons (Fsp3) is 0.357. The highest BCUT2D eigenvalue weighted by Crippen LogP contribution is 2.16. The number of carbonyl (C=O) groups is 1. The lowest BCUT2D eigenvalue weighted by atomic mass is 10.2. The van der Waals surface area contributed by atoms with Gasteiger partial charge in [0, 0.05) is 11.1 Å². The number of amides is 1. The Morgan fingerprint density at radius 1 is 1.50 bits per heavy atom. The lowest BCUT2D eigenvalue weighted by Crippen LogP contribution is -2.32. The van der Waals surface area contributed by atoms with E-state index in [-0.39, 0.29) is 11.9 Å². The van der Waals surface area contributed by atoms with Gasteiger partial charge in [0.25, 0.3) is 5.91 Å². The Morgan fingerprint density at radius 2 is 2.25 bits per heavy atom. The van der Waals surface area contributed by atoms with Crippen LogP contribution in [0.15, 0.2) is 24.3 Å². The number of halogens is 1. The van der Waals surface area contributed by atoms with Gasteiger partial charge in [0.15, 0.2) is 5.69 Å². The molecule has 1 amide bonds. The van der Waals surface area contributed by atoms with Crippen LogP contribution < -0.4 is 5.32 Å². The van der Waals surface area contributed by atoms with Crippen molar-refractivity contribution >= 4 is 17.5 Å². The molecule has 0 aliphatic heterocycles. The van der Waals surface area contributed by atoms with Gasteiger partial charge in [-0.3, -0.25) is 4.79 Å². The number of nitrogens with zero attached hydrogens (tertiary/aromatic N) is 3. The minimum absolute atomic E-state index is 0.109. The molecule has 1 atom stereocenters. The Hall–Kier alpha value is -1.88. The summed E-state index contributed by atoms with van der Waals surface area (Å²) in [6, 6.07) is 7.37. The average Bonchev–Trinajstić information content (AvgIpc) is 2.80. The maximum absolute atomic E-state index is 12.1. The number of aromatic nitrogens is 3. The van der Waals surface area contributed by atoms with Crippen molar-refractivity contribution < 1.29 is 4.79 Å². The molecule has 0 aliphatic carbocycles. The van der Waals surface area contributed by atoms with Crippen molar-refractivity contribution in [1.82, 2.24) is 20.3 Å². The largest absolute Gasteiger partial charge is 0.348 e. The van der Waals surface area contributed by atoms with Crippen LogP contribution >= 0.6 is 11.6 Å². The van der Waals surface area contributed by atoms with Crippen molar-refractivity contribution in [2.24, 2.45) is 0 Å². The smallest absolute Gasteiger partial charge is 0.273 e. The van der Waals surface area contributed by atoms with Crippen LogP contribution in [-0.4, -0.2) is 26.9 Å². The molecule has 2 aromatic rings. The molecule has 1 aromatic carbocycles. The Bertz CT molecular complexity index is 623. The third-order valence-electron chi connectivity index (χ3n) is 3.15. The third kappa shape index (κ3) is 2.99. The molecule has 20 heavy (non-hydrogen) atoms. The molecule has 1 heterocycles. The van der Waals surface area contributed by atoms with Crippen LogP contribution in [0.25, 0.3) is 5.69 Å². The van der Waals surface area contributed by atoms with E-state index in [4.69, 9.17) is 11.6 Å². The molecule has 0 fully saturated rings. The number of carbonyl (C=O) groups excluding carboxylic acids is 1. The molecule has 0 spiro atoms. The third-order valence-corrected chi connectivity index (χ3v) is 3.39. The summed E-state index contributed by atoms with van der Waals surface area (Å²) >= 11 is 5.96. The molecule has 5 nitrogen and oxygen atoms in total. The van der Waals surface area contributed by atoms with Crippen LogP contribution in [-0.2, 0) is 0 Å². The van der Waals surface area contributed by atoms with Gasteiger partial charge in [0.2, 0.25) is 0 Å². The maximum Gasteiger partial charge on any atom is 0.273 e. The number of benzene rings is 1. The van der Waals surface area contributed by atoms with Crippen LogP contribution in [0, 0.1) is 6.92 Å². The molecule has 0 radical (unpaired) electrons. The van der Waals surface area contributed by atoms with E-state index in [2.05, 4.69) is 15.6 Å². The molecule has 1 aromatic heterocycles. The van der Waals surface area contributed by atoms with E-state index in [1.807, 2.05) is 32.9 Å². The molecule has 106 valence electrons. The highest BCUT2D eigenvalue weighted by Gasteiger charge is 2.18. The van der Waals surface area contributed by atoms with Crippen molar-refractivity contribution in [2.75, 3.05) is 0 Å². The summed E-state index contributed by atoms with van der Waals surface area (Å²) < 4.78 is 1.61. The zero-order valence-corrected chi connectivity index (χ0v) is 12.5. The first-order valence-electron chi connectivity index (χ1n) is 6.52. The van der Waals surface area contributed by atoms with Crippen molar-refractivity contribution in [3.05, 3.63) is 40.7 Å². The number of rotatable bonds is 4. The van der Waals surface area contributed by atoms with E-state index in [1.54, 1.807) is 16.8 Å². The SMILES string of the molecule is CCC(C)NC(=O)c1nnn(-c2cccc(Cl)c2)c1C. The standard InChI is InChI=1S/C14H17ClN4O/c1-4-9(2)16-14(20)13-10(3)19(18-17-13)12-7-5-6-11(15)8-12/h5-9H,4H2,1-3H3,(H,16,20). The van der Waals surface area contributed by atoms with Crippen molar-refractivity contribution in [1.29, 1.82) is 0 Å². The van der Waals surface area contributed by atoms with Crippen molar-refractivity contribution in [3.63, 3.8) is 0 Å². The molecular formula is C14H17ClN4O. The first kappa shape index (κ1) is 14.5. The Morgan fingerprint density at radius 3 is 2.90 bits per heavy atom. The zero-order chi connectivity index (χ0) is 14.7. The van der Waals surface area contributed by atoms with Gasteiger partial charge in [0.05, 0.1) is 11.4 Å². The van der Waals surface area contributed by atoms with Crippen LogP contribution in [0.1, 0.15) is 36.5 Å². The van der Waals surface area contributed by atoms with E-state index in [9.17, 15) is 4.79 Å². The summed E-state index contributed by atoms with van der Waals surface area (Å²) in [6.07, 6.45) is 0.868. The molecule has 1 unspecified atom stereocenters. The van der Waals surface area contributed by atoms with Gasteiger partial charge >= 0.3 is 0 Å². The number of hydrogen-bond donors (Lipinski definition) is 1. The monoisotopic (exact) mass is 292 g/mol. The van der Waals surface area contributed by atoms with Gasteiger partial charge in [-0.05, 0) is 38.5 Å². The molecule has 2 rings (SSSR count). The molecule has 0 saturated carbocycles. The summed E-state index contributed by atoms with van der Waals surface area (Å²) in [4.78, 5) is 12.1. The predicted molar refractivity (Wildman–Crippen MR) is 78.3 cm³/mol. The summed E-state index contributed by atoms with van der Waals surface area (Å²) in [7, 11) is 0. The summed E-state index contributed by atoms with van der Waals surface area (Å²) in [5.41, 5.74) is 1.81. The Kier molecular flexibility index (Phi) is 4.39. The van der Waals surface area contributed by atoms with E-state index in [1.165, 1.54) is 0 Å². The number of hydrogen-bond acceptors (Lipinski definition) is 3. The van der Waals surface area contributed by atoms with E-state index < -0.39 is 0 Å². The maximum atomic E-state index is 12.1. The molecule has 0 bridgehead atoms. The average molecular weight is 293 g/mol. The lowest BCUT2D eigenvalue weighted by molar-refractivity contribution is 0.0933. The quantitative estimate of drug-likeness (QED) is 0.942. The minimum Gasteiger partial charge on any atom is -0.348 e. The summed E-state index contributed by atoms with van der Waals surface area (Å²) in [5, 5.41) is 11.5. The topological polar surface area (TPSA) is 59.8 Å². The second-order valence-corrected chi connectivity index (χ2v) is 5.13. The van der Waals surface area contributed by atoms with Crippen molar-refractivity contribution in [3.8, 4) is 5.69 Å². The van der Waals surface area contributed by atoms with E-state index in [0.717, 1.165) is 12.1 Å². The van der Waals surface area contributed by atoms with Crippen LogP contribution in [0.2, 0.25) is 5.02 Å². The highest BCUT2D eigenvalue weighted by atomic mass is 35.5.